The van der Waals surface area contributed by atoms with E-state index in [0.717, 1.165) is 4.47 Å². The lowest BCUT2D eigenvalue weighted by atomic mass is 10.2. The Morgan fingerprint density at radius 1 is 0.879 bits per heavy atom. The van der Waals surface area contributed by atoms with Gasteiger partial charge in [-0.25, -0.2) is 0 Å². The van der Waals surface area contributed by atoms with Gasteiger partial charge in [-0.2, -0.15) is 0 Å². The molecule has 0 heterocycles. The van der Waals surface area contributed by atoms with Gasteiger partial charge in [-0.3, -0.25) is 14.9 Å². The average Bonchev–Trinajstić information content (AvgIpc) is 2.80. The fourth-order valence-corrected chi connectivity index (χ4v) is 3.69. The molecule has 0 fully saturated rings. The molecule has 0 atom stereocenters. The fourth-order valence-electron chi connectivity index (χ4n) is 2.90. The summed E-state index contributed by atoms with van der Waals surface area (Å²) in [4.78, 5) is 25.2. The summed E-state index contributed by atoms with van der Waals surface area (Å²) in [5.41, 5.74) is 1.66. The molecule has 2 amide bonds. The van der Waals surface area contributed by atoms with Crippen LogP contribution < -0.4 is 25.4 Å². The third-order valence-corrected chi connectivity index (χ3v) is 5.49. The van der Waals surface area contributed by atoms with E-state index in [-0.39, 0.29) is 11.0 Å². The Morgan fingerprint density at radius 2 is 1.61 bits per heavy atom. The number of ether oxygens (including phenoxy) is 2. The summed E-state index contributed by atoms with van der Waals surface area (Å²) in [5.74, 6) is 0.00794. The number of carbonyl (C=O) groups excluding carboxylic acids is 2. The van der Waals surface area contributed by atoms with Gasteiger partial charge in [-0.15, -0.1) is 0 Å². The molecule has 170 valence electrons. The summed E-state index contributed by atoms with van der Waals surface area (Å²) in [6.45, 7) is 0. The van der Waals surface area contributed by atoms with Crippen molar-refractivity contribution in [2.24, 2.45) is 0 Å². The fraction of sp³-hybridized carbons (Fsp3) is 0.0870. The Balaban J connectivity index is 1.70. The van der Waals surface area contributed by atoms with Crippen molar-refractivity contribution >= 4 is 68.1 Å². The highest BCUT2D eigenvalue weighted by atomic mass is 79.9. The molecular formula is C23H19BrClN3O4S. The van der Waals surface area contributed by atoms with Crippen LogP contribution in [0.2, 0.25) is 5.02 Å². The van der Waals surface area contributed by atoms with Crippen molar-refractivity contribution < 1.29 is 19.1 Å². The van der Waals surface area contributed by atoms with Gasteiger partial charge < -0.3 is 20.1 Å². The Morgan fingerprint density at radius 3 is 2.30 bits per heavy atom. The van der Waals surface area contributed by atoms with E-state index in [1.807, 2.05) is 0 Å². The second kappa shape index (κ2) is 11.1. The van der Waals surface area contributed by atoms with Crippen molar-refractivity contribution in [1.29, 1.82) is 0 Å². The first kappa shape index (κ1) is 24.5. The number of anilines is 2. The first-order valence-electron chi connectivity index (χ1n) is 9.52. The summed E-state index contributed by atoms with van der Waals surface area (Å²) in [6, 6.07) is 16.8. The van der Waals surface area contributed by atoms with Crippen molar-refractivity contribution in [3.8, 4) is 11.5 Å². The second-order valence-electron chi connectivity index (χ2n) is 6.60. The minimum Gasteiger partial charge on any atom is -0.496 e. The number of hydrogen-bond donors (Lipinski definition) is 3. The van der Waals surface area contributed by atoms with Crippen LogP contribution >= 0.6 is 39.7 Å². The van der Waals surface area contributed by atoms with E-state index in [2.05, 4.69) is 31.9 Å². The van der Waals surface area contributed by atoms with Crippen LogP contribution in [-0.2, 0) is 0 Å². The van der Waals surface area contributed by atoms with Crippen molar-refractivity contribution in [2.45, 2.75) is 0 Å². The van der Waals surface area contributed by atoms with Gasteiger partial charge in [0.05, 0.1) is 36.1 Å². The Kier molecular flexibility index (Phi) is 8.26. The second-order valence-corrected chi connectivity index (χ2v) is 8.33. The first-order chi connectivity index (χ1) is 15.8. The molecule has 3 N–H and O–H groups in total. The summed E-state index contributed by atoms with van der Waals surface area (Å²) < 4.78 is 11.3. The Bertz CT molecular complexity index is 1220. The van der Waals surface area contributed by atoms with Crippen LogP contribution in [0.5, 0.6) is 11.5 Å². The number of hydrogen-bond acceptors (Lipinski definition) is 5. The standard InChI is InChI=1S/C23H19BrClN3O4S/c1-31-19-10-7-13(24)11-16(19)22(30)28-23(33)26-14-8-9-18(20(12-14)32-2)27-21(29)15-5-3-4-6-17(15)25/h3-12H,1-2H3,(H,27,29)(H2,26,28,30,33). The molecule has 0 aliphatic rings. The van der Waals surface area contributed by atoms with Gasteiger partial charge in [0.25, 0.3) is 11.8 Å². The van der Waals surface area contributed by atoms with Crippen LogP contribution in [0.4, 0.5) is 11.4 Å². The molecule has 0 aliphatic carbocycles. The molecule has 0 spiro atoms. The number of carbonyl (C=O) groups is 2. The SMILES string of the molecule is COc1cc(NC(=S)NC(=O)c2cc(Br)ccc2OC)ccc1NC(=O)c1ccccc1Cl. The van der Waals surface area contributed by atoms with E-state index in [1.54, 1.807) is 60.7 Å². The van der Waals surface area contributed by atoms with Gasteiger partial charge in [-0.1, -0.05) is 39.7 Å². The maximum Gasteiger partial charge on any atom is 0.261 e. The zero-order chi connectivity index (χ0) is 24.0. The van der Waals surface area contributed by atoms with E-state index in [9.17, 15) is 9.59 Å². The first-order valence-corrected chi connectivity index (χ1v) is 11.1. The van der Waals surface area contributed by atoms with E-state index in [0.29, 0.717) is 39.0 Å². The average molecular weight is 549 g/mol. The topological polar surface area (TPSA) is 88.7 Å². The molecular weight excluding hydrogens is 530 g/mol. The van der Waals surface area contributed by atoms with Crippen LogP contribution in [0.15, 0.2) is 65.1 Å². The van der Waals surface area contributed by atoms with Gasteiger partial charge in [0.1, 0.15) is 11.5 Å². The highest BCUT2D eigenvalue weighted by Crippen LogP contribution is 2.29. The zero-order valence-corrected chi connectivity index (χ0v) is 20.7. The molecule has 0 aliphatic heterocycles. The molecule has 0 saturated carbocycles. The highest BCUT2D eigenvalue weighted by molar-refractivity contribution is 9.10. The molecule has 0 radical (unpaired) electrons. The third-order valence-electron chi connectivity index (χ3n) is 4.46. The summed E-state index contributed by atoms with van der Waals surface area (Å²) >= 11 is 14.7. The highest BCUT2D eigenvalue weighted by Gasteiger charge is 2.16. The number of nitrogens with one attached hydrogen (secondary N) is 3. The number of halogens is 2. The summed E-state index contributed by atoms with van der Waals surface area (Å²) in [6.07, 6.45) is 0. The van der Waals surface area contributed by atoms with E-state index in [4.69, 9.17) is 33.3 Å². The Labute approximate surface area is 209 Å². The molecule has 0 aromatic heterocycles. The molecule has 0 bridgehead atoms. The van der Waals surface area contributed by atoms with Crippen LogP contribution in [0.1, 0.15) is 20.7 Å². The van der Waals surface area contributed by atoms with Crippen molar-refractivity contribution in [2.75, 3.05) is 24.9 Å². The third kappa shape index (κ3) is 6.22. The maximum absolute atomic E-state index is 12.6. The maximum atomic E-state index is 12.6. The van der Waals surface area contributed by atoms with Crippen LogP contribution in [-0.4, -0.2) is 31.1 Å². The largest absolute Gasteiger partial charge is 0.496 e. The monoisotopic (exact) mass is 547 g/mol. The lowest BCUT2D eigenvalue weighted by Gasteiger charge is -2.15. The molecule has 0 unspecified atom stereocenters. The molecule has 0 saturated heterocycles. The molecule has 7 nitrogen and oxygen atoms in total. The van der Waals surface area contributed by atoms with Gasteiger partial charge in [0.15, 0.2) is 5.11 Å². The lowest BCUT2D eigenvalue weighted by molar-refractivity contribution is 0.0973. The van der Waals surface area contributed by atoms with Gasteiger partial charge in [-0.05, 0) is 54.7 Å². The smallest absolute Gasteiger partial charge is 0.261 e. The van der Waals surface area contributed by atoms with E-state index >= 15 is 0 Å². The van der Waals surface area contributed by atoms with E-state index in [1.165, 1.54) is 14.2 Å². The minimum atomic E-state index is -0.429. The number of amides is 2. The summed E-state index contributed by atoms with van der Waals surface area (Å²) in [7, 11) is 2.96. The van der Waals surface area contributed by atoms with Crippen molar-refractivity contribution in [1.82, 2.24) is 5.32 Å². The van der Waals surface area contributed by atoms with Crippen molar-refractivity contribution in [3.63, 3.8) is 0 Å². The van der Waals surface area contributed by atoms with Gasteiger partial charge >= 0.3 is 0 Å². The molecule has 3 aromatic rings. The number of methoxy groups -OCH3 is 2. The van der Waals surface area contributed by atoms with Crippen molar-refractivity contribution in [3.05, 3.63) is 81.3 Å². The van der Waals surface area contributed by atoms with Crippen LogP contribution in [0.25, 0.3) is 0 Å². The predicted octanol–water partition coefficient (Wildman–Crippen LogP) is 5.50. The normalized spacial score (nSPS) is 10.2. The number of benzene rings is 3. The molecule has 3 aromatic carbocycles. The quantitative estimate of drug-likeness (QED) is 0.353. The Hall–Kier alpha value is -3.14. The molecule has 3 rings (SSSR count). The zero-order valence-electron chi connectivity index (χ0n) is 17.6. The predicted molar refractivity (Wildman–Crippen MR) is 137 cm³/mol. The number of thiocarbonyl (C=S) groups is 1. The summed E-state index contributed by atoms with van der Waals surface area (Å²) in [5, 5.41) is 8.74. The molecule has 33 heavy (non-hydrogen) atoms. The van der Waals surface area contributed by atoms with Crippen LogP contribution in [0.3, 0.4) is 0 Å². The van der Waals surface area contributed by atoms with Gasteiger partial charge in [0.2, 0.25) is 0 Å². The van der Waals surface area contributed by atoms with E-state index < -0.39 is 5.91 Å². The van der Waals surface area contributed by atoms with Crippen LogP contribution in [0, 0.1) is 0 Å². The lowest BCUT2D eigenvalue weighted by Crippen LogP contribution is -2.34. The van der Waals surface area contributed by atoms with Gasteiger partial charge in [0, 0.05) is 16.2 Å². The minimum absolute atomic E-state index is 0.0805. The number of rotatable bonds is 6. The molecule has 10 heteroatoms.